The molecule has 0 unspecified atom stereocenters. The number of hydrogen-bond donors (Lipinski definition) is 1. The van der Waals surface area contributed by atoms with E-state index in [9.17, 15) is 9.59 Å². The second kappa shape index (κ2) is 8.89. The lowest BCUT2D eigenvalue weighted by atomic mass is 9.98. The molecule has 1 heterocycles. The maximum atomic E-state index is 12.0. The lowest BCUT2D eigenvalue weighted by molar-refractivity contribution is -0.149. The Morgan fingerprint density at radius 1 is 1.35 bits per heavy atom. The Labute approximate surface area is 141 Å². The highest BCUT2D eigenvalue weighted by Crippen LogP contribution is 2.18. The molecule has 1 amide bonds. The number of hydrogen-bond acceptors (Lipinski definition) is 4. The molecule has 0 radical (unpaired) electrons. The minimum atomic E-state index is -0.122. The van der Waals surface area contributed by atoms with Gasteiger partial charge in [-0.15, -0.1) is 0 Å². The van der Waals surface area contributed by atoms with Crippen molar-refractivity contribution in [3.8, 4) is 0 Å². The van der Waals surface area contributed by atoms with Gasteiger partial charge < -0.3 is 15.0 Å². The van der Waals surface area contributed by atoms with Gasteiger partial charge in [-0.3, -0.25) is 9.59 Å². The fourth-order valence-corrected chi connectivity index (χ4v) is 2.85. The van der Waals surface area contributed by atoms with E-state index >= 15 is 0 Å². The predicted octanol–water partition coefficient (Wildman–Crippen LogP) is 2.94. The molecule has 126 valence electrons. The van der Waals surface area contributed by atoms with Crippen LogP contribution in [0.1, 0.15) is 26.2 Å². The molecular weight excluding hydrogens is 316 g/mol. The molecule has 1 saturated heterocycles. The first-order valence-electron chi connectivity index (χ1n) is 8.03. The summed E-state index contributed by atoms with van der Waals surface area (Å²) in [4.78, 5) is 26.0. The fourth-order valence-electron chi connectivity index (χ4n) is 2.73. The topological polar surface area (TPSA) is 58.6 Å². The van der Waals surface area contributed by atoms with Crippen molar-refractivity contribution >= 4 is 29.2 Å². The van der Waals surface area contributed by atoms with Gasteiger partial charge in [-0.2, -0.15) is 0 Å². The van der Waals surface area contributed by atoms with E-state index < -0.39 is 0 Å². The summed E-state index contributed by atoms with van der Waals surface area (Å²) in [7, 11) is 0. The number of benzene rings is 1. The summed E-state index contributed by atoms with van der Waals surface area (Å²) >= 11 is 5.82. The molecule has 23 heavy (non-hydrogen) atoms. The Morgan fingerprint density at radius 2 is 2.09 bits per heavy atom. The average molecular weight is 339 g/mol. The van der Waals surface area contributed by atoms with Gasteiger partial charge in [0.1, 0.15) is 0 Å². The van der Waals surface area contributed by atoms with Crippen molar-refractivity contribution in [1.29, 1.82) is 0 Å². The van der Waals surface area contributed by atoms with Crippen LogP contribution in [0.25, 0.3) is 0 Å². The molecule has 1 fully saturated rings. The monoisotopic (exact) mass is 338 g/mol. The third-order valence-corrected chi connectivity index (χ3v) is 4.16. The zero-order chi connectivity index (χ0) is 16.7. The van der Waals surface area contributed by atoms with Gasteiger partial charge in [-0.05, 0) is 50.6 Å². The number of anilines is 1. The maximum absolute atomic E-state index is 12.0. The van der Waals surface area contributed by atoms with Crippen molar-refractivity contribution < 1.29 is 14.3 Å². The normalized spacial score (nSPS) is 18.4. The molecule has 1 N–H and O–H groups in total. The summed E-state index contributed by atoms with van der Waals surface area (Å²) in [5.41, 5.74) is 0.738. The summed E-state index contributed by atoms with van der Waals surface area (Å²) in [6, 6.07) is 7.04. The van der Waals surface area contributed by atoms with E-state index in [4.69, 9.17) is 16.3 Å². The first-order chi connectivity index (χ1) is 11.1. The zero-order valence-corrected chi connectivity index (χ0v) is 14.1. The van der Waals surface area contributed by atoms with Gasteiger partial charge in [0.05, 0.1) is 12.5 Å². The van der Waals surface area contributed by atoms with Crippen LogP contribution in [0.15, 0.2) is 24.3 Å². The highest BCUT2D eigenvalue weighted by molar-refractivity contribution is 6.30. The van der Waals surface area contributed by atoms with Crippen LogP contribution in [0.3, 0.4) is 0 Å². The number of amides is 1. The van der Waals surface area contributed by atoms with E-state index in [1.54, 1.807) is 24.3 Å². The molecule has 5 nitrogen and oxygen atoms in total. The van der Waals surface area contributed by atoms with E-state index in [0.717, 1.165) is 25.1 Å². The predicted molar refractivity (Wildman–Crippen MR) is 90.5 cm³/mol. The second-order valence-corrected chi connectivity index (χ2v) is 6.13. The van der Waals surface area contributed by atoms with E-state index in [1.165, 1.54) is 0 Å². The smallest absolute Gasteiger partial charge is 0.310 e. The molecule has 0 bridgehead atoms. The summed E-state index contributed by atoms with van der Waals surface area (Å²) in [5.74, 6) is -0.226. The summed E-state index contributed by atoms with van der Waals surface area (Å²) < 4.78 is 5.09. The van der Waals surface area contributed by atoms with Gasteiger partial charge in [0.25, 0.3) is 0 Å². The molecule has 0 saturated carbocycles. The van der Waals surface area contributed by atoms with Crippen molar-refractivity contribution in [3.05, 3.63) is 29.3 Å². The van der Waals surface area contributed by atoms with Crippen molar-refractivity contribution in [2.45, 2.75) is 26.2 Å². The Bertz CT molecular complexity index is 533. The Morgan fingerprint density at radius 3 is 2.78 bits per heavy atom. The first kappa shape index (κ1) is 17.8. The van der Waals surface area contributed by atoms with Crippen LogP contribution in [-0.4, -0.2) is 43.0 Å². The van der Waals surface area contributed by atoms with Crippen LogP contribution in [0.5, 0.6) is 0 Å². The SMILES string of the molecule is CCOC(=O)[C@@H]1CCCN(CCC(=O)Nc2ccc(Cl)cc2)C1. The zero-order valence-electron chi connectivity index (χ0n) is 13.4. The highest BCUT2D eigenvalue weighted by Gasteiger charge is 2.26. The molecule has 6 heteroatoms. The van der Waals surface area contributed by atoms with Gasteiger partial charge in [0.15, 0.2) is 0 Å². The quantitative estimate of drug-likeness (QED) is 0.810. The number of likely N-dealkylation sites (tertiary alicyclic amines) is 1. The third-order valence-electron chi connectivity index (χ3n) is 3.91. The summed E-state index contributed by atoms with van der Waals surface area (Å²) in [6.45, 7) is 4.48. The molecule has 0 aliphatic carbocycles. The number of carbonyl (C=O) groups excluding carboxylic acids is 2. The summed E-state index contributed by atoms with van der Waals surface area (Å²) in [6.07, 6.45) is 2.23. The lowest BCUT2D eigenvalue weighted by Gasteiger charge is -2.31. The summed E-state index contributed by atoms with van der Waals surface area (Å²) in [5, 5.41) is 3.49. The molecule has 1 aliphatic heterocycles. The van der Waals surface area contributed by atoms with E-state index in [2.05, 4.69) is 10.2 Å². The molecule has 2 rings (SSSR count). The van der Waals surface area contributed by atoms with Gasteiger partial charge in [-0.25, -0.2) is 0 Å². The number of piperidine rings is 1. The first-order valence-corrected chi connectivity index (χ1v) is 8.40. The van der Waals surface area contributed by atoms with Gasteiger partial charge in [0, 0.05) is 30.2 Å². The largest absolute Gasteiger partial charge is 0.466 e. The molecule has 0 spiro atoms. The minimum absolute atomic E-state index is 0.0365. The fraction of sp³-hybridized carbons (Fsp3) is 0.529. The van der Waals surface area contributed by atoms with Crippen molar-refractivity contribution in [2.24, 2.45) is 5.92 Å². The van der Waals surface area contributed by atoms with Gasteiger partial charge in [-0.1, -0.05) is 11.6 Å². The molecule has 1 aromatic rings. The number of halogens is 1. The Balaban J connectivity index is 1.75. The van der Waals surface area contributed by atoms with Crippen LogP contribution in [0.4, 0.5) is 5.69 Å². The van der Waals surface area contributed by atoms with Crippen molar-refractivity contribution in [3.63, 3.8) is 0 Å². The molecular formula is C17H23ClN2O3. The second-order valence-electron chi connectivity index (χ2n) is 5.70. The number of ether oxygens (including phenoxy) is 1. The van der Waals surface area contributed by atoms with E-state index in [1.807, 2.05) is 6.92 Å². The minimum Gasteiger partial charge on any atom is -0.466 e. The van der Waals surface area contributed by atoms with Crippen LogP contribution < -0.4 is 5.32 Å². The number of esters is 1. The van der Waals surface area contributed by atoms with E-state index in [0.29, 0.717) is 31.1 Å². The number of nitrogens with one attached hydrogen (secondary N) is 1. The van der Waals surface area contributed by atoms with Crippen LogP contribution >= 0.6 is 11.6 Å². The molecule has 0 aromatic heterocycles. The number of nitrogens with zero attached hydrogens (tertiary/aromatic N) is 1. The number of carbonyl (C=O) groups is 2. The number of rotatable bonds is 6. The average Bonchev–Trinajstić information content (AvgIpc) is 2.56. The third kappa shape index (κ3) is 5.84. The lowest BCUT2D eigenvalue weighted by Crippen LogP contribution is -2.40. The van der Waals surface area contributed by atoms with Crippen LogP contribution in [-0.2, 0) is 14.3 Å². The van der Waals surface area contributed by atoms with Crippen molar-refractivity contribution in [2.75, 3.05) is 31.6 Å². The maximum Gasteiger partial charge on any atom is 0.310 e. The molecule has 1 atom stereocenters. The molecule has 1 aliphatic rings. The van der Waals surface area contributed by atoms with Gasteiger partial charge >= 0.3 is 5.97 Å². The Hall–Kier alpha value is -1.59. The van der Waals surface area contributed by atoms with Crippen LogP contribution in [0, 0.1) is 5.92 Å². The van der Waals surface area contributed by atoms with Crippen LogP contribution in [0.2, 0.25) is 5.02 Å². The Kier molecular flexibility index (Phi) is 6.86. The highest BCUT2D eigenvalue weighted by atomic mass is 35.5. The molecule has 1 aromatic carbocycles. The standard InChI is InChI=1S/C17H23ClN2O3/c1-2-23-17(22)13-4-3-10-20(12-13)11-9-16(21)19-15-7-5-14(18)6-8-15/h5-8,13H,2-4,9-12H2,1H3,(H,19,21)/t13-/m1/s1. The van der Waals surface area contributed by atoms with E-state index in [-0.39, 0.29) is 17.8 Å². The van der Waals surface area contributed by atoms with Gasteiger partial charge in [0.2, 0.25) is 5.91 Å². The van der Waals surface area contributed by atoms with Crippen molar-refractivity contribution in [1.82, 2.24) is 4.90 Å².